The quantitative estimate of drug-likeness (QED) is 0.106. The molecular weight excluding hydrogens is 1820 g/mol. The zero-order valence-electron chi connectivity index (χ0n) is 78.4. The molecule has 0 unspecified atom stereocenters. The van der Waals surface area contributed by atoms with Crippen molar-refractivity contribution in [2.45, 2.75) is 13.3 Å². The monoisotopic (exact) mass is 1910 g/mol. The van der Waals surface area contributed by atoms with Crippen LogP contribution in [0.5, 0.6) is 0 Å². The molecule has 13 aromatic heterocycles. The van der Waals surface area contributed by atoms with Gasteiger partial charge in [0.05, 0.1) is 115 Å². The summed E-state index contributed by atoms with van der Waals surface area (Å²) in [7, 11) is 0. The molecule has 0 N–H and O–H groups in total. The molecule has 0 aliphatic rings. The minimum atomic E-state index is 0.809. The number of hydrogen-bond donors (Lipinski definition) is 0. The predicted octanol–water partition coefficient (Wildman–Crippen LogP) is 35.4. The summed E-state index contributed by atoms with van der Waals surface area (Å²) < 4.78 is 17.3. The van der Waals surface area contributed by atoms with E-state index in [1.165, 1.54) is 154 Å². The van der Waals surface area contributed by atoms with Crippen LogP contribution in [-0.4, -0.2) is 53.2 Å². The predicted molar refractivity (Wildman–Crippen MR) is 610 cm³/mol. The Morgan fingerprint density at radius 2 is 0.483 bits per heavy atom. The highest BCUT2D eigenvalue weighted by atomic mass is 32.1. The number of para-hydroxylation sites is 8. The van der Waals surface area contributed by atoms with Crippen LogP contribution in [-0.2, 0) is 6.42 Å². The minimum absolute atomic E-state index is 0.809. The summed E-state index contributed by atoms with van der Waals surface area (Å²) in [5.74, 6) is 1.07. The summed E-state index contributed by atoms with van der Waals surface area (Å²) in [6.07, 6.45) is 4.47. The maximum atomic E-state index is 5.33. The topological polar surface area (TPSA) is 110 Å². The second kappa shape index (κ2) is 35.2. The van der Waals surface area contributed by atoms with Crippen LogP contribution in [0.15, 0.2) is 473 Å². The number of imidazole rings is 1. The van der Waals surface area contributed by atoms with Crippen LogP contribution in [0.3, 0.4) is 0 Å². The number of thiophene rings is 3. The molecule has 0 saturated heterocycles. The van der Waals surface area contributed by atoms with Gasteiger partial charge in [0.1, 0.15) is 5.82 Å². The summed E-state index contributed by atoms with van der Waals surface area (Å²) in [5, 5.41) is 16.0. The van der Waals surface area contributed by atoms with Gasteiger partial charge in [-0.15, -0.1) is 34.0 Å². The molecule has 0 saturated carbocycles. The van der Waals surface area contributed by atoms with Crippen LogP contribution in [0.2, 0.25) is 0 Å². The minimum Gasteiger partial charge on any atom is -0.308 e. The SMILES string of the molecule is CCc1nc2ccccc2n1-c1ccc(-n2c3ccccc3c3sc4c5ccccc5nc(-c5ccccc5)c4c32)cc1.c1ccc(-c2c3ccccc3c(-c3ccc(-n4c5ccccc5c5sc6c7ccccc7nc(-c7ccccc7)c6c54)cc3)c3ccccc23)cc1.c1ccc(-c2nc3ccccc3c3sc4c5ccccc5n(-c5ccc(-c6cc(-c7ccccn7)nc(-c7ccccn7)c6)cc5)c4c23)cc1. The van der Waals surface area contributed by atoms with Gasteiger partial charge >= 0.3 is 0 Å². The van der Waals surface area contributed by atoms with Gasteiger partial charge in [0.15, 0.2) is 0 Å². The average molecular weight is 1910 g/mol. The summed E-state index contributed by atoms with van der Waals surface area (Å²) in [5.41, 5.74) is 33.7. The Labute approximate surface area is 844 Å². The van der Waals surface area contributed by atoms with E-state index < -0.39 is 0 Å². The lowest BCUT2D eigenvalue weighted by Crippen LogP contribution is -2.01. The lowest BCUT2D eigenvalue weighted by atomic mass is 9.86. The van der Waals surface area contributed by atoms with E-state index in [1.54, 1.807) is 12.4 Å². The Kier molecular flexibility index (Phi) is 20.6. The van der Waals surface area contributed by atoms with Crippen molar-refractivity contribution < 1.29 is 0 Å². The first kappa shape index (κ1) is 84.7. The molecule has 14 heteroatoms. The van der Waals surface area contributed by atoms with Crippen LogP contribution < -0.4 is 0 Å². The Morgan fingerprint density at radius 1 is 0.200 bits per heavy atom. The van der Waals surface area contributed by atoms with Crippen molar-refractivity contribution in [2.24, 2.45) is 0 Å². The molecule has 145 heavy (non-hydrogen) atoms. The number of aryl methyl sites for hydroxylation is 1. The molecule has 30 aromatic rings. The smallest absolute Gasteiger partial charge is 0.114 e. The fraction of sp³-hybridized carbons (Fsp3) is 0.0153. The van der Waals surface area contributed by atoms with Crippen LogP contribution in [0, 0.1) is 0 Å². The first-order valence-electron chi connectivity index (χ1n) is 49.0. The fourth-order valence-electron chi connectivity index (χ4n) is 21.9. The third-order valence-corrected chi connectivity index (χ3v) is 32.1. The van der Waals surface area contributed by atoms with E-state index in [2.05, 4.69) is 460 Å². The molecule has 680 valence electrons. The van der Waals surface area contributed by atoms with E-state index in [9.17, 15) is 0 Å². The van der Waals surface area contributed by atoms with Gasteiger partial charge in [-0.1, -0.05) is 335 Å². The number of benzene rings is 17. The summed E-state index contributed by atoms with van der Waals surface area (Å²) >= 11 is 5.63. The van der Waals surface area contributed by atoms with E-state index in [0.717, 1.165) is 130 Å². The fourth-order valence-corrected chi connectivity index (χ4v) is 26.0. The third-order valence-electron chi connectivity index (χ3n) is 28.3. The summed E-state index contributed by atoms with van der Waals surface area (Å²) in [6.45, 7) is 2.17. The van der Waals surface area contributed by atoms with Gasteiger partial charge in [-0.2, -0.15) is 0 Å². The highest BCUT2D eigenvalue weighted by molar-refractivity contribution is 7.28. The number of aromatic nitrogens is 11. The molecule has 0 bridgehead atoms. The second-order valence-corrected chi connectivity index (χ2v) is 39.7. The van der Waals surface area contributed by atoms with E-state index in [4.69, 9.17) is 24.9 Å². The zero-order chi connectivity index (χ0) is 95.7. The molecule has 30 rings (SSSR count). The van der Waals surface area contributed by atoms with E-state index >= 15 is 0 Å². The Morgan fingerprint density at radius 3 is 0.834 bits per heavy atom. The van der Waals surface area contributed by atoms with Crippen molar-refractivity contribution in [3.63, 3.8) is 0 Å². The maximum absolute atomic E-state index is 5.33. The average Bonchev–Trinajstić information content (AvgIpc) is 1.59. The van der Waals surface area contributed by atoms with Crippen molar-refractivity contribution >= 4 is 193 Å². The van der Waals surface area contributed by atoms with Crippen LogP contribution in [0.1, 0.15) is 12.7 Å². The number of rotatable bonds is 13. The first-order chi connectivity index (χ1) is 71.9. The Balaban J connectivity index is 0.000000106. The molecule has 11 nitrogen and oxygen atoms in total. The normalized spacial score (nSPS) is 11.8. The molecule has 17 aromatic carbocycles. The van der Waals surface area contributed by atoms with Crippen molar-refractivity contribution in [1.82, 2.24) is 53.2 Å². The number of pyridine rings is 6. The van der Waals surface area contributed by atoms with E-state index in [0.29, 0.717) is 0 Å². The maximum Gasteiger partial charge on any atom is 0.114 e. The Bertz CT molecular complexity index is 10200. The highest BCUT2D eigenvalue weighted by Crippen LogP contribution is 2.54. The molecule has 0 fully saturated rings. The van der Waals surface area contributed by atoms with Gasteiger partial charge in [0, 0.05) is 121 Å². The Hall–Kier alpha value is -18.3. The lowest BCUT2D eigenvalue weighted by molar-refractivity contribution is 0.908. The van der Waals surface area contributed by atoms with Crippen molar-refractivity contribution in [3.8, 4) is 113 Å². The molecule has 0 radical (unpaired) electrons. The van der Waals surface area contributed by atoms with Gasteiger partial charge < -0.3 is 13.7 Å². The number of nitrogens with zero attached hydrogens (tertiary/aromatic N) is 11. The third kappa shape index (κ3) is 14.1. The lowest BCUT2D eigenvalue weighted by Gasteiger charge is -2.18. The van der Waals surface area contributed by atoms with Gasteiger partial charge in [-0.05, 0) is 188 Å². The van der Waals surface area contributed by atoms with Crippen LogP contribution >= 0.6 is 34.0 Å². The summed E-state index contributed by atoms with van der Waals surface area (Å²) in [4.78, 5) is 35.0. The molecule has 0 spiro atoms. The number of hydrogen-bond acceptors (Lipinski definition) is 10. The van der Waals surface area contributed by atoms with Crippen LogP contribution in [0.4, 0.5) is 0 Å². The van der Waals surface area contributed by atoms with Gasteiger partial charge in [-0.25, -0.2) is 24.9 Å². The van der Waals surface area contributed by atoms with E-state index in [-0.39, 0.29) is 0 Å². The van der Waals surface area contributed by atoms with Crippen molar-refractivity contribution in [3.05, 3.63) is 479 Å². The standard InChI is InChI=1S/C49H30N2S.C44H27N5S.C38H26N4S/c1-3-15-31(16-4-1)43-35-19-7-9-21-37(35)44(38-22-10-8-20-36(38)43)32-27-29-34(30-28-32)51-42-26-14-12-24-40(42)49-47(51)45-46(33-17-5-2-6-18-33)50-41-25-13-11-23-39(41)48(45)52-49;1-2-12-29(13-3-1)41-40-42-44(50-43(40)32-14-4-6-16-34(32)48-41)33-15-5-7-19-39(33)49(42)31-22-20-28(21-23-31)30-26-37(35-17-8-10-24-45-35)47-38(27-30)36-18-9-11-25-46-36;1-2-33-39-30-17-9-11-19-32(30)41(33)25-20-22-26(23-21-25)42-31-18-10-7-15-28(31)38-36(42)34-35(24-12-4-3-5-13-24)40-29-16-8-6-14-27(29)37(34)43-38/h1-30H;1-27H;3-23H,2H2,1H3. The van der Waals surface area contributed by atoms with Crippen molar-refractivity contribution in [2.75, 3.05) is 0 Å². The molecule has 0 aliphatic heterocycles. The van der Waals surface area contributed by atoms with Gasteiger partial charge in [0.25, 0.3) is 0 Å². The molecular formula is C131H83N11S3. The van der Waals surface area contributed by atoms with Gasteiger partial charge in [0.2, 0.25) is 0 Å². The zero-order valence-corrected chi connectivity index (χ0v) is 80.8. The van der Waals surface area contributed by atoms with Gasteiger partial charge in [-0.3, -0.25) is 14.5 Å². The summed E-state index contributed by atoms with van der Waals surface area (Å²) in [6, 6.07) is 164. The number of fused-ring (bicyclic) bond motifs is 24. The highest BCUT2D eigenvalue weighted by Gasteiger charge is 2.30. The molecule has 0 aliphatic carbocycles. The molecule has 0 atom stereocenters. The second-order valence-electron chi connectivity index (χ2n) is 36.6. The first-order valence-corrected chi connectivity index (χ1v) is 51.4. The molecule has 13 heterocycles. The van der Waals surface area contributed by atoms with E-state index in [1.807, 2.05) is 70.4 Å². The largest absolute Gasteiger partial charge is 0.308 e. The van der Waals surface area contributed by atoms with Crippen LogP contribution in [0.25, 0.3) is 272 Å². The molecule has 0 amide bonds. The van der Waals surface area contributed by atoms with Crippen molar-refractivity contribution in [1.29, 1.82) is 0 Å².